The maximum absolute atomic E-state index is 12.3. The molecule has 2 rings (SSSR count). The average Bonchev–Trinajstić information content (AvgIpc) is 2.87. The van der Waals surface area contributed by atoms with Gasteiger partial charge in [0, 0.05) is 31.6 Å². The van der Waals surface area contributed by atoms with Crippen molar-refractivity contribution in [2.75, 3.05) is 39.1 Å². The largest absolute Gasteiger partial charge is 0.378 e. The minimum atomic E-state index is -3.29. The number of rotatable bonds is 5. The Morgan fingerprint density at radius 2 is 2.30 bits per heavy atom. The van der Waals surface area contributed by atoms with Gasteiger partial charge in [-0.15, -0.1) is 0 Å². The molecule has 0 aromatic heterocycles. The number of nitrogens with zero attached hydrogens (tertiary/aromatic N) is 1. The number of likely N-dealkylation sites (tertiary alicyclic amines) is 1. The van der Waals surface area contributed by atoms with Gasteiger partial charge in [-0.25, -0.2) is 13.1 Å². The van der Waals surface area contributed by atoms with Gasteiger partial charge in [0.2, 0.25) is 15.9 Å². The normalized spacial score (nSPS) is 27.8. The maximum Gasteiger partial charge on any atom is 0.224 e. The van der Waals surface area contributed by atoms with Gasteiger partial charge in [-0.05, 0) is 19.9 Å². The topological polar surface area (TPSA) is 87.7 Å². The number of sulfonamides is 1. The van der Waals surface area contributed by atoms with Gasteiger partial charge in [0.25, 0.3) is 0 Å². The minimum absolute atomic E-state index is 0.0101. The lowest BCUT2D eigenvalue weighted by atomic mass is 10.1. The van der Waals surface area contributed by atoms with E-state index in [1.54, 1.807) is 4.90 Å². The second-order valence-electron chi connectivity index (χ2n) is 5.30. The van der Waals surface area contributed by atoms with Crippen molar-refractivity contribution in [3.05, 3.63) is 0 Å². The summed E-state index contributed by atoms with van der Waals surface area (Å²) in [6.07, 6.45) is 1.99. The van der Waals surface area contributed by atoms with Crippen LogP contribution in [0.1, 0.15) is 19.3 Å². The lowest BCUT2D eigenvalue weighted by Crippen LogP contribution is -2.47. The van der Waals surface area contributed by atoms with Crippen LogP contribution < -0.4 is 10.0 Å². The van der Waals surface area contributed by atoms with Gasteiger partial charge in [-0.3, -0.25) is 4.79 Å². The van der Waals surface area contributed by atoms with E-state index < -0.39 is 10.0 Å². The molecule has 2 saturated heterocycles. The Kier molecular flexibility index (Phi) is 5.36. The SMILES string of the molecule is CNS(=O)(=O)CC1CCCN1C(=O)CC1COCCN1. The van der Waals surface area contributed by atoms with Crippen molar-refractivity contribution in [2.24, 2.45) is 0 Å². The van der Waals surface area contributed by atoms with E-state index in [1.807, 2.05) is 0 Å². The van der Waals surface area contributed by atoms with E-state index in [9.17, 15) is 13.2 Å². The molecular formula is C12H23N3O4S. The van der Waals surface area contributed by atoms with Crippen LogP contribution in [0, 0.1) is 0 Å². The third kappa shape index (κ3) is 4.15. The van der Waals surface area contributed by atoms with Crippen molar-refractivity contribution in [2.45, 2.75) is 31.3 Å². The van der Waals surface area contributed by atoms with Crippen LogP contribution in [0.4, 0.5) is 0 Å². The van der Waals surface area contributed by atoms with Crippen LogP contribution >= 0.6 is 0 Å². The highest BCUT2D eigenvalue weighted by molar-refractivity contribution is 7.89. The Morgan fingerprint density at radius 1 is 1.50 bits per heavy atom. The molecule has 0 radical (unpaired) electrons. The number of hydrogen-bond acceptors (Lipinski definition) is 5. The summed E-state index contributed by atoms with van der Waals surface area (Å²) in [5.41, 5.74) is 0. The molecule has 2 atom stereocenters. The van der Waals surface area contributed by atoms with Crippen molar-refractivity contribution in [3.63, 3.8) is 0 Å². The Balaban J connectivity index is 1.90. The highest BCUT2D eigenvalue weighted by Gasteiger charge is 2.33. The lowest BCUT2D eigenvalue weighted by molar-refractivity contribution is -0.132. The minimum Gasteiger partial charge on any atom is -0.378 e. The number of ether oxygens (including phenoxy) is 1. The summed E-state index contributed by atoms with van der Waals surface area (Å²) in [5.74, 6) is 0.00547. The second-order valence-corrected chi connectivity index (χ2v) is 7.27. The van der Waals surface area contributed by atoms with Crippen LogP contribution in [0.25, 0.3) is 0 Å². The lowest BCUT2D eigenvalue weighted by Gasteiger charge is -2.28. The maximum atomic E-state index is 12.3. The molecule has 2 aliphatic rings. The molecule has 2 heterocycles. The highest BCUT2D eigenvalue weighted by atomic mass is 32.2. The molecule has 2 aliphatic heterocycles. The monoisotopic (exact) mass is 305 g/mol. The summed E-state index contributed by atoms with van der Waals surface area (Å²) in [4.78, 5) is 14.0. The van der Waals surface area contributed by atoms with Gasteiger partial charge in [0.15, 0.2) is 0 Å². The number of morpholine rings is 1. The molecule has 0 spiro atoms. The van der Waals surface area contributed by atoms with E-state index in [1.165, 1.54) is 7.05 Å². The van der Waals surface area contributed by atoms with E-state index in [0.717, 1.165) is 19.4 Å². The van der Waals surface area contributed by atoms with Crippen LogP contribution in [-0.4, -0.2) is 70.4 Å². The van der Waals surface area contributed by atoms with Crippen molar-refractivity contribution in [1.29, 1.82) is 0 Å². The second kappa shape index (κ2) is 6.84. The van der Waals surface area contributed by atoms with E-state index in [2.05, 4.69) is 10.0 Å². The van der Waals surface area contributed by atoms with E-state index in [-0.39, 0.29) is 23.7 Å². The quantitative estimate of drug-likeness (QED) is 0.673. The molecule has 0 saturated carbocycles. The molecule has 2 N–H and O–H groups in total. The Bertz CT molecular complexity index is 434. The first-order chi connectivity index (χ1) is 9.52. The molecule has 8 heteroatoms. The molecule has 0 aromatic carbocycles. The Morgan fingerprint density at radius 3 is 2.95 bits per heavy atom. The van der Waals surface area contributed by atoms with Crippen LogP contribution in [0.3, 0.4) is 0 Å². The fourth-order valence-electron chi connectivity index (χ4n) is 2.75. The van der Waals surface area contributed by atoms with Gasteiger partial charge >= 0.3 is 0 Å². The predicted octanol–water partition coefficient (Wildman–Crippen LogP) is -1.09. The van der Waals surface area contributed by atoms with Crippen LogP contribution in [-0.2, 0) is 19.6 Å². The van der Waals surface area contributed by atoms with E-state index >= 15 is 0 Å². The molecule has 7 nitrogen and oxygen atoms in total. The number of nitrogens with one attached hydrogen (secondary N) is 2. The number of carbonyl (C=O) groups excluding carboxylic acids is 1. The third-order valence-corrected chi connectivity index (χ3v) is 5.29. The van der Waals surface area contributed by atoms with Crippen LogP contribution in [0.2, 0.25) is 0 Å². The summed E-state index contributed by atoms with van der Waals surface area (Å²) in [6, 6.07) is -0.164. The molecular weight excluding hydrogens is 282 g/mol. The summed E-state index contributed by atoms with van der Waals surface area (Å²) in [6.45, 7) is 2.63. The first-order valence-corrected chi connectivity index (χ1v) is 8.69. The van der Waals surface area contributed by atoms with Crippen LogP contribution in [0.5, 0.6) is 0 Å². The van der Waals surface area contributed by atoms with E-state index in [4.69, 9.17) is 4.74 Å². The molecule has 0 aliphatic carbocycles. The molecule has 20 heavy (non-hydrogen) atoms. The van der Waals surface area contributed by atoms with E-state index in [0.29, 0.717) is 26.2 Å². The summed E-state index contributed by atoms with van der Waals surface area (Å²) in [5, 5.41) is 3.24. The molecule has 2 fully saturated rings. The van der Waals surface area contributed by atoms with Gasteiger partial charge < -0.3 is 15.0 Å². The zero-order chi connectivity index (χ0) is 14.6. The van der Waals surface area contributed by atoms with Crippen molar-refractivity contribution >= 4 is 15.9 Å². The van der Waals surface area contributed by atoms with Crippen molar-refractivity contribution in [1.82, 2.24) is 14.9 Å². The first kappa shape index (κ1) is 15.7. The van der Waals surface area contributed by atoms with Gasteiger partial charge in [0.05, 0.1) is 19.0 Å². The smallest absolute Gasteiger partial charge is 0.224 e. The molecule has 0 aromatic rings. The van der Waals surface area contributed by atoms with Gasteiger partial charge in [-0.1, -0.05) is 0 Å². The molecule has 0 bridgehead atoms. The standard InChI is InChI=1S/C12H23N3O4S/c1-13-20(17,18)9-11-3-2-5-15(11)12(16)7-10-8-19-6-4-14-10/h10-11,13-14H,2-9H2,1H3. The van der Waals surface area contributed by atoms with Crippen molar-refractivity contribution < 1.29 is 17.9 Å². The first-order valence-electron chi connectivity index (χ1n) is 7.03. The van der Waals surface area contributed by atoms with Gasteiger partial charge in [0.1, 0.15) is 0 Å². The molecule has 1 amide bonds. The Labute approximate surface area is 120 Å². The average molecular weight is 305 g/mol. The fraction of sp³-hybridized carbons (Fsp3) is 0.917. The molecule has 2 unspecified atom stereocenters. The highest BCUT2D eigenvalue weighted by Crippen LogP contribution is 2.20. The van der Waals surface area contributed by atoms with Crippen molar-refractivity contribution in [3.8, 4) is 0 Å². The summed E-state index contributed by atoms with van der Waals surface area (Å²) < 4.78 is 30.9. The zero-order valence-corrected chi connectivity index (χ0v) is 12.6. The number of amides is 1. The fourth-order valence-corrected chi connectivity index (χ4v) is 3.77. The third-order valence-electron chi connectivity index (χ3n) is 3.84. The molecule has 116 valence electrons. The summed E-state index contributed by atoms with van der Waals surface area (Å²) in [7, 11) is -1.88. The van der Waals surface area contributed by atoms with Crippen LogP contribution in [0.15, 0.2) is 0 Å². The summed E-state index contributed by atoms with van der Waals surface area (Å²) >= 11 is 0. The van der Waals surface area contributed by atoms with Gasteiger partial charge in [-0.2, -0.15) is 0 Å². The number of hydrogen-bond donors (Lipinski definition) is 2. The predicted molar refractivity (Wildman–Crippen MR) is 74.8 cm³/mol. The Hall–Kier alpha value is -0.700. The zero-order valence-electron chi connectivity index (χ0n) is 11.8. The number of carbonyl (C=O) groups is 1.